The molecule has 0 aliphatic heterocycles. The van der Waals surface area contributed by atoms with E-state index in [9.17, 15) is 4.79 Å². The minimum Gasteiger partial charge on any atom is -0.352 e. The second-order valence-electron chi connectivity index (χ2n) is 4.40. The highest BCUT2D eigenvalue weighted by molar-refractivity contribution is 7.08. The van der Waals surface area contributed by atoms with E-state index in [-0.39, 0.29) is 11.8 Å². The molecule has 2 rings (SSSR count). The van der Waals surface area contributed by atoms with Crippen molar-refractivity contribution in [3.05, 3.63) is 40.7 Å². The summed E-state index contributed by atoms with van der Waals surface area (Å²) in [6, 6.07) is 5.94. The molecule has 4 heteroatoms. The molecule has 0 fully saturated rings. The quantitative estimate of drug-likeness (QED) is 0.918. The lowest BCUT2D eigenvalue weighted by Gasteiger charge is -2.10. The second kappa shape index (κ2) is 5.78. The Bertz CT molecular complexity index is 520. The number of aromatic nitrogens is 1. The molecule has 0 aromatic carbocycles. The highest BCUT2D eigenvalue weighted by atomic mass is 32.1. The third kappa shape index (κ3) is 2.96. The number of thiophene rings is 1. The van der Waals surface area contributed by atoms with Crippen molar-refractivity contribution in [3.63, 3.8) is 0 Å². The Hall–Kier alpha value is -1.68. The van der Waals surface area contributed by atoms with E-state index in [2.05, 4.69) is 15.7 Å². The van der Waals surface area contributed by atoms with Crippen LogP contribution >= 0.6 is 11.3 Å². The van der Waals surface area contributed by atoms with E-state index in [0.29, 0.717) is 6.54 Å². The molecule has 1 N–H and O–H groups in total. The normalized spacial score (nSPS) is 10.6. The van der Waals surface area contributed by atoms with Gasteiger partial charge in [0.2, 0.25) is 5.91 Å². The Morgan fingerprint density at radius 1 is 1.44 bits per heavy atom. The average Bonchev–Trinajstić information content (AvgIpc) is 2.89. The van der Waals surface area contributed by atoms with Crippen LogP contribution < -0.4 is 5.32 Å². The first-order valence-electron chi connectivity index (χ1n) is 5.92. The molecule has 94 valence electrons. The lowest BCUT2D eigenvalue weighted by Crippen LogP contribution is -2.27. The van der Waals surface area contributed by atoms with Crippen molar-refractivity contribution in [1.82, 2.24) is 10.3 Å². The van der Waals surface area contributed by atoms with Gasteiger partial charge in [-0.05, 0) is 23.1 Å². The van der Waals surface area contributed by atoms with Crippen LogP contribution in [0.3, 0.4) is 0 Å². The summed E-state index contributed by atoms with van der Waals surface area (Å²) in [5.41, 5.74) is 3.10. The van der Waals surface area contributed by atoms with E-state index in [1.54, 1.807) is 17.5 Å². The van der Waals surface area contributed by atoms with Crippen molar-refractivity contribution >= 4 is 17.2 Å². The van der Waals surface area contributed by atoms with Gasteiger partial charge in [0.05, 0.1) is 5.69 Å². The van der Waals surface area contributed by atoms with E-state index >= 15 is 0 Å². The first-order chi connectivity index (χ1) is 8.68. The molecule has 2 aromatic heterocycles. The van der Waals surface area contributed by atoms with Crippen LogP contribution in [0.25, 0.3) is 11.3 Å². The molecule has 0 radical (unpaired) electrons. The fourth-order valence-electron chi connectivity index (χ4n) is 1.63. The summed E-state index contributed by atoms with van der Waals surface area (Å²) in [5, 5.41) is 7.02. The fraction of sp³-hybridized carbons (Fsp3) is 0.286. The van der Waals surface area contributed by atoms with Crippen LogP contribution in [0.2, 0.25) is 0 Å². The number of carbonyl (C=O) groups is 1. The van der Waals surface area contributed by atoms with Crippen molar-refractivity contribution in [2.24, 2.45) is 5.92 Å². The summed E-state index contributed by atoms with van der Waals surface area (Å²) < 4.78 is 0. The van der Waals surface area contributed by atoms with Gasteiger partial charge in [-0.25, -0.2) is 0 Å². The first-order valence-corrected chi connectivity index (χ1v) is 6.87. The third-order valence-corrected chi connectivity index (χ3v) is 3.35. The van der Waals surface area contributed by atoms with Gasteiger partial charge in [0, 0.05) is 29.6 Å². The highest BCUT2D eigenvalue weighted by Crippen LogP contribution is 2.23. The molecule has 0 atom stereocenters. The summed E-state index contributed by atoms with van der Waals surface area (Å²) in [7, 11) is 0. The minimum atomic E-state index is 0.00580. The standard InChI is InChI=1S/C14H16N2OS/c1-10(2)14(17)16-8-11-4-3-6-15-13(11)12-5-7-18-9-12/h3-7,9-10H,8H2,1-2H3,(H,16,17). The number of rotatable bonds is 4. The molecular weight excluding hydrogens is 244 g/mol. The van der Waals surface area contributed by atoms with Crippen LogP contribution in [0.5, 0.6) is 0 Å². The number of hydrogen-bond acceptors (Lipinski definition) is 3. The maximum absolute atomic E-state index is 11.6. The predicted molar refractivity (Wildman–Crippen MR) is 74.2 cm³/mol. The van der Waals surface area contributed by atoms with Crippen molar-refractivity contribution in [2.75, 3.05) is 0 Å². The van der Waals surface area contributed by atoms with Gasteiger partial charge in [-0.3, -0.25) is 9.78 Å². The van der Waals surface area contributed by atoms with Gasteiger partial charge >= 0.3 is 0 Å². The summed E-state index contributed by atoms with van der Waals surface area (Å²) in [6.45, 7) is 4.30. The zero-order valence-electron chi connectivity index (χ0n) is 10.5. The molecular formula is C14H16N2OS. The van der Waals surface area contributed by atoms with E-state index in [4.69, 9.17) is 0 Å². The predicted octanol–water partition coefficient (Wildman–Crippen LogP) is 3.08. The van der Waals surface area contributed by atoms with Gasteiger partial charge in [0.15, 0.2) is 0 Å². The van der Waals surface area contributed by atoms with Crippen molar-refractivity contribution < 1.29 is 4.79 Å². The Morgan fingerprint density at radius 2 is 2.28 bits per heavy atom. The van der Waals surface area contributed by atoms with Gasteiger partial charge in [-0.15, -0.1) is 0 Å². The molecule has 1 amide bonds. The monoisotopic (exact) mass is 260 g/mol. The van der Waals surface area contributed by atoms with Crippen LogP contribution in [0.15, 0.2) is 35.2 Å². The number of nitrogens with zero attached hydrogens (tertiary/aromatic N) is 1. The van der Waals surface area contributed by atoms with E-state index in [1.165, 1.54) is 0 Å². The van der Waals surface area contributed by atoms with Gasteiger partial charge in [0.1, 0.15) is 0 Å². The van der Waals surface area contributed by atoms with Crippen LogP contribution in [0.1, 0.15) is 19.4 Å². The van der Waals surface area contributed by atoms with Crippen molar-refractivity contribution in [2.45, 2.75) is 20.4 Å². The summed E-state index contributed by atoms with van der Waals surface area (Å²) in [6.07, 6.45) is 1.78. The number of amides is 1. The molecule has 0 saturated heterocycles. The number of pyridine rings is 1. The molecule has 0 unspecified atom stereocenters. The molecule has 0 bridgehead atoms. The Kier molecular flexibility index (Phi) is 4.10. The minimum absolute atomic E-state index is 0.00580. The van der Waals surface area contributed by atoms with Crippen molar-refractivity contribution in [1.29, 1.82) is 0 Å². The molecule has 2 aromatic rings. The molecule has 2 heterocycles. The molecule has 0 spiro atoms. The summed E-state index contributed by atoms with van der Waals surface area (Å²) >= 11 is 1.65. The molecule has 18 heavy (non-hydrogen) atoms. The Morgan fingerprint density at radius 3 is 2.94 bits per heavy atom. The summed E-state index contributed by atoms with van der Waals surface area (Å²) in [4.78, 5) is 16.0. The largest absolute Gasteiger partial charge is 0.352 e. The maximum Gasteiger partial charge on any atom is 0.222 e. The molecule has 0 aliphatic rings. The lowest BCUT2D eigenvalue weighted by molar-refractivity contribution is -0.124. The smallest absolute Gasteiger partial charge is 0.222 e. The topological polar surface area (TPSA) is 42.0 Å². The van der Waals surface area contributed by atoms with Gasteiger partial charge < -0.3 is 5.32 Å². The van der Waals surface area contributed by atoms with E-state index in [0.717, 1.165) is 16.8 Å². The second-order valence-corrected chi connectivity index (χ2v) is 5.18. The van der Waals surface area contributed by atoms with Gasteiger partial charge in [0.25, 0.3) is 0 Å². The molecule has 0 aliphatic carbocycles. The Labute approximate surface area is 111 Å². The fourth-order valence-corrected chi connectivity index (χ4v) is 2.27. The van der Waals surface area contributed by atoms with Crippen LogP contribution in [-0.2, 0) is 11.3 Å². The first kappa shape index (κ1) is 12.8. The average molecular weight is 260 g/mol. The Balaban J connectivity index is 2.16. The van der Waals surface area contributed by atoms with Crippen molar-refractivity contribution in [3.8, 4) is 11.3 Å². The lowest BCUT2D eigenvalue weighted by atomic mass is 10.1. The zero-order chi connectivity index (χ0) is 13.0. The number of nitrogens with one attached hydrogen (secondary N) is 1. The summed E-state index contributed by atoms with van der Waals surface area (Å²) in [5.74, 6) is 0.0707. The SMILES string of the molecule is CC(C)C(=O)NCc1cccnc1-c1ccsc1. The van der Waals surface area contributed by atoms with Gasteiger partial charge in [-0.1, -0.05) is 19.9 Å². The number of hydrogen-bond donors (Lipinski definition) is 1. The van der Waals surface area contributed by atoms with Crippen LogP contribution in [-0.4, -0.2) is 10.9 Å². The van der Waals surface area contributed by atoms with E-state index in [1.807, 2.05) is 37.4 Å². The number of carbonyl (C=O) groups excluding carboxylic acids is 1. The van der Waals surface area contributed by atoms with E-state index < -0.39 is 0 Å². The van der Waals surface area contributed by atoms with Crippen LogP contribution in [0, 0.1) is 5.92 Å². The zero-order valence-corrected chi connectivity index (χ0v) is 11.3. The highest BCUT2D eigenvalue weighted by Gasteiger charge is 2.10. The maximum atomic E-state index is 11.6. The van der Waals surface area contributed by atoms with Crippen LogP contribution in [0.4, 0.5) is 0 Å². The van der Waals surface area contributed by atoms with Gasteiger partial charge in [-0.2, -0.15) is 11.3 Å². The molecule has 0 saturated carbocycles. The third-order valence-electron chi connectivity index (χ3n) is 2.66. The molecule has 3 nitrogen and oxygen atoms in total.